The van der Waals surface area contributed by atoms with Gasteiger partial charge < -0.3 is 15.0 Å². The molecule has 2 N–H and O–H groups in total. The smallest absolute Gasteiger partial charge is 0.241 e. The van der Waals surface area contributed by atoms with Crippen molar-refractivity contribution in [2.24, 2.45) is 0 Å². The van der Waals surface area contributed by atoms with Gasteiger partial charge in [-0.25, -0.2) is 13.4 Å². The maximum Gasteiger partial charge on any atom is 0.241 e. The van der Waals surface area contributed by atoms with Crippen LogP contribution in [-0.2, 0) is 21.4 Å². The molecule has 0 bridgehead atoms. The van der Waals surface area contributed by atoms with Crippen LogP contribution in [0.1, 0.15) is 25.0 Å². The Labute approximate surface area is 197 Å². The van der Waals surface area contributed by atoms with Gasteiger partial charge in [-0.2, -0.15) is 0 Å². The molecule has 1 aliphatic heterocycles. The number of nitrogens with one attached hydrogen (secondary N) is 2. The maximum atomic E-state index is 12.5. The summed E-state index contributed by atoms with van der Waals surface area (Å²) in [6, 6.07) is 14.1. The molecule has 1 fully saturated rings. The highest BCUT2D eigenvalue weighted by Crippen LogP contribution is 2.25. The number of hydrogen-bond acceptors (Lipinski definition) is 7. The van der Waals surface area contributed by atoms with E-state index in [1.54, 1.807) is 41.9 Å². The number of rotatable bonds is 9. The number of carbonyl (C=O) groups is 1. The number of hydrogen-bond donors (Lipinski definition) is 2. The molecule has 174 valence electrons. The lowest BCUT2D eigenvalue weighted by Crippen LogP contribution is -2.29. The van der Waals surface area contributed by atoms with Crippen LogP contribution in [0.15, 0.2) is 59.4 Å². The Balaban J connectivity index is 1.33. The molecular weight excluding hydrogens is 460 g/mol. The van der Waals surface area contributed by atoms with Crippen molar-refractivity contribution >= 4 is 44.3 Å². The van der Waals surface area contributed by atoms with Gasteiger partial charge >= 0.3 is 0 Å². The fourth-order valence-electron chi connectivity index (χ4n) is 3.62. The highest BCUT2D eigenvalue weighted by atomic mass is 32.2. The molecule has 8 nitrogen and oxygen atoms in total. The minimum absolute atomic E-state index is 0.254. The van der Waals surface area contributed by atoms with Crippen molar-refractivity contribution < 1.29 is 17.9 Å². The average Bonchev–Trinajstić information content (AvgIpc) is 3.33. The average molecular weight is 487 g/mol. The second kappa shape index (κ2) is 10.7. The molecule has 3 aromatic rings. The number of piperidine rings is 1. The molecule has 1 saturated heterocycles. The monoisotopic (exact) mass is 486 g/mol. The van der Waals surface area contributed by atoms with Crippen LogP contribution in [0.5, 0.6) is 5.75 Å². The Morgan fingerprint density at radius 2 is 1.82 bits per heavy atom. The van der Waals surface area contributed by atoms with Crippen molar-refractivity contribution in [3.63, 3.8) is 0 Å². The zero-order valence-corrected chi connectivity index (χ0v) is 19.7. The first-order valence-corrected chi connectivity index (χ1v) is 13.3. The van der Waals surface area contributed by atoms with E-state index >= 15 is 0 Å². The van der Waals surface area contributed by atoms with Gasteiger partial charge in [0.05, 0.1) is 16.9 Å². The van der Waals surface area contributed by atoms with Crippen molar-refractivity contribution in [1.29, 1.82) is 0 Å². The number of thiazole rings is 1. The van der Waals surface area contributed by atoms with Crippen LogP contribution in [0.25, 0.3) is 0 Å². The molecule has 0 aliphatic carbocycles. The van der Waals surface area contributed by atoms with Gasteiger partial charge in [-0.05, 0) is 55.7 Å². The van der Waals surface area contributed by atoms with Crippen molar-refractivity contribution in [2.75, 3.05) is 33.8 Å². The molecule has 2 heterocycles. The zero-order chi connectivity index (χ0) is 23.1. The highest BCUT2D eigenvalue weighted by Gasteiger charge is 2.18. The summed E-state index contributed by atoms with van der Waals surface area (Å²) in [5.41, 5.74) is 4.39. The number of amides is 1. The second-order valence-electron chi connectivity index (χ2n) is 7.77. The number of aromatic nitrogens is 1. The molecule has 10 heteroatoms. The summed E-state index contributed by atoms with van der Waals surface area (Å²) in [6.07, 6.45) is 3.59. The molecular formula is C23H26N4O4S2. The Hall–Kier alpha value is -3.11. The summed E-state index contributed by atoms with van der Waals surface area (Å²) in [7, 11) is -3.88. The molecule has 2 aromatic carbocycles. The third kappa shape index (κ3) is 6.69. The number of ether oxygens (including phenoxy) is 1. The van der Waals surface area contributed by atoms with Crippen LogP contribution < -0.4 is 19.7 Å². The van der Waals surface area contributed by atoms with Gasteiger partial charge in [-0.3, -0.25) is 9.52 Å². The van der Waals surface area contributed by atoms with E-state index < -0.39 is 21.7 Å². The standard InChI is InChI=1S/C23H26N4O4S2/c28-23(25-21-6-2-3-7-22(21)31-14-19-15-32-17-24-19)16-33(29,30)26-18-8-10-20(11-9-18)27-12-4-1-5-13-27/h2-3,6-11,15,17,26H,1,4-5,12-14,16H2,(H,25,28). The molecule has 33 heavy (non-hydrogen) atoms. The minimum atomic E-state index is -3.88. The quantitative estimate of drug-likeness (QED) is 0.472. The topological polar surface area (TPSA) is 101 Å². The molecule has 0 radical (unpaired) electrons. The Morgan fingerprint density at radius 3 is 2.55 bits per heavy atom. The third-order valence-electron chi connectivity index (χ3n) is 5.20. The number of carbonyl (C=O) groups excluding carboxylic acids is 1. The van der Waals surface area contributed by atoms with Gasteiger partial charge in [0.1, 0.15) is 18.1 Å². The van der Waals surface area contributed by atoms with Crippen LogP contribution in [0.4, 0.5) is 17.1 Å². The SMILES string of the molecule is O=C(CS(=O)(=O)Nc1ccc(N2CCCCC2)cc1)Nc1ccccc1OCc1cscn1. The van der Waals surface area contributed by atoms with Crippen molar-refractivity contribution in [3.05, 3.63) is 65.1 Å². The number of para-hydroxylation sites is 2. The number of anilines is 3. The molecule has 1 aliphatic rings. The summed E-state index contributed by atoms with van der Waals surface area (Å²) in [5, 5.41) is 4.50. The predicted octanol–water partition coefficient (Wildman–Crippen LogP) is 4.09. The fraction of sp³-hybridized carbons (Fsp3) is 0.304. The van der Waals surface area contributed by atoms with Gasteiger partial charge in [0, 0.05) is 29.8 Å². The first-order valence-electron chi connectivity index (χ1n) is 10.7. The predicted molar refractivity (Wildman–Crippen MR) is 131 cm³/mol. The normalized spacial score (nSPS) is 14.0. The molecule has 4 rings (SSSR count). The Morgan fingerprint density at radius 1 is 1.06 bits per heavy atom. The summed E-state index contributed by atoms with van der Waals surface area (Å²) < 4.78 is 33.3. The summed E-state index contributed by atoms with van der Waals surface area (Å²) >= 11 is 1.47. The highest BCUT2D eigenvalue weighted by molar-refractivity contribution is 7.93. The van der Waals surface area contributed by atoms with Gasteiger partial charge in [-0.1, -0.05) is 12.1 Å². The van der Waals surface area contributed by atoms with E-state index in [0.717, 1.165) is 24.5 Å². The summed E-state index contributed by atoms with van der Waals surface area (Å²) in [4.78, 5) is 18.9. The minimum Gasteiger partial charge on any atom is -0.485 e. The lowest BCUT2D eigenvalue weighted by molar-refractivity contribution is -0.113. The molecule has 1 aromatic heterocycles. The maximum absolute atomic E-state index is 12.5. The van der Waals surface area contributed by atoms with Crippen molar-refractivity contribution in [2.45, 2.75) is 25.9 Å². The first kappa shape index (κ1) is 23.1. The lowest BCUT2D eigenvalue weighted by Gasteiger charge is -2.28. The number of benzene rings is 2. The van der Waals surface area contributed by atoms with E-state index in [-0.39, 0.29) is 6.61 Å². The van der Waals surface area contributed by atoms with Crippen LogP contribution in [0, 0.1) is 0 Å². The van der Waals surface area contributed by atoms with Crippen LogP contribution in [0.2, 0.25) is 0 Å². The summed E-state index contributed by atoms with van der Waals surface area (Å²) in [6.45, 7) is 2.28. The van der Waals surface area contributed by atoms with Gasteiger partial charge in [0.15, 0.2) is 0 Å². The van der Waals surface area contributed by atoms with Crippen molar-refractivity contribution in [1.82, 2.24) is 4.98 Å². The lowest BCUT2D eigenvalue weighted by atomic mass is 10.1. The molecule has 1 amide bonds. The van der Waals surface area contributed by atoms with E-state index in [0.29, 0.717) is 17.1 Å². The van der Waals surface area contributed by atoms with E-state index in [1.807, 2.05) is 17.5 Å². The van der Waals surface area contributed by atoms with Crippen LogP contribution in [0.3, 0.4) is 0 Å². The van der Waals surface area contributed by atoms with E-state index in [4.69, 9.17) is 4.74 Å². The van der Waals surface area contributed by atoms with Gasteiger partial charge in [0.25, 0.3) is 0 Å². The number of nitrogens with zero attached hydrogens (tertiary/aromatic N) is 2. The van der Waals surface area contributed by atoms with Crippen LogP contribution in [-0.4, -0.2) is 38.2 Å². The van der Waals surface area contributed by atoms with E-state index in [2.05, 4.69) is 19.9 Å². The van der Waals surface area contributed by atoms with E-state index in [9.17, 15) is 13.2 Å². The number of sulfonamides is 1. The Bertz CT molecular complexity index is 1160. The molecule has 0 unspecified atom stereocenters. The fourth-order valence-corrected chi connectivity index (χ4v) is 5.15. The van der Waals surface area contributed by atoms with Gasteiger partial charge in [-0.15, -0.1) is 11.3 Å². The van der Waals surface area contributed by atoms with Crippen molar-refractivity contribution in [3.8, 4) is 5.75 Å². The Kier molecular flexibility index (Phi) is 7.46. The van der Waals surface area contributed by atoms with E-state index in [1.165, 1.54) is 30.6 Å². The molecule has 0 spiro atoms. The van der Waals surface area contributed by atoms with Crippen LogP contribution >= 0.6 is 11.3 Å². The molecule has 0 atom stereocenters. The molecule has 0 saturated carbocycles. The first-order chi connectivity index (χ1) is 16.0. The summed E-state index contributed by atoms with van der Waals surface area (Å²) in [5.74, 6) is -0.920. The van der Waals surface area contributed by atoms with Gasteiger partial charge in [0.2, 0.25) is 15.9 Å². The third-order valence-corrected chi connectivity index (χ3v) is 7.03. The second-order valence-corrected chi connectivity index (χ2v) is 10.2. The largest absolute Gasteiger partial charge is 0.485 e. The zero-order valence-electron chi connectivity index (χ0n) is 18.1.